The maximum Gasteiger partial charge on any atom is 0.257 e. The van der Waals surface area contributed by atoms with E-state index in [1.165, 1.54) is 43.0 Å². The monoisotopic (exact) mass is 295 g/mol. The Hall–Kier alpha value is -2.36. The van der Waals surface area contributed by atoms with Crippen molar-refractivity contribution in [3.63, 3.8) is 0 Å². The van der Waals surface area contributed by atoms with Crippen LogP contribution in [0.3, 0.4) is 0 Å². The van der Waals surface area contributed by atoms with Crippen molar-refractivity contribution in [2.45, 2.75) is 38.1 Å². The molecule has 3 rings (SSSR count). The molecule has 1 aliphatic rings. The van der Waals surface area contributed by atoms with Crippen LogP contribution in [0.4, 0.5) is 0 Å². The number of imidazole rings is 1. The zero-order valence-corrected chi connectivity index (χ0v) is 12.6. The standard InChI is InChI=1S/C18H21N3O/c22-18(21-12-11-19-14-21)13-17(15-7-3-1-4-8-15)20-16-9-5-2-6-10-16/h1,3-4,7-8,11-14,16,20H,2,5-6,9-10H2/b17-13-. The lowest BCUT2D eigenvalue weighted by molar-refractivity contribution is 0.0969. The van der Waals surface area contributed by atoms with Crippen LogP contribution >= 0.6 is 0 Å². The summed E-state index contributed by atoms with van der Waals surface area (Å²) in [6.07, 6.45) is 12.7. The van der Waals surface area contributed by atoms with Gasteiger partial charge in [-0.2, -0.15) is 0 Å². The van der Waals surface area contributed by atoms with Gasteiger partial charge in [0, 0.05) is 30.2 Å². The number of hydrogen-bond donors (Lipinski definition) is 1. The van der Waals surface area contributed by atoms with Gasteiger partial charge in [-0.25, -0.2) is 4.98 Å². The smallest absolute Gasteiger partial charge is 0.257 e. The molecule has 0 saturated heterocycles. The van der Waals surface area contributed by atoms with Crippen LogP contribution in [-0.2, 0) is 0 Å². The summed E-state index contributed by atoms with van der Waals surface area (Å²) in [5.41, 5.74) is 1.94. The van der Waals surface area contributed by atoms with E-state index in [0.717, 1.165) is 11.3 Å². The number of nitrogens with one attached hydrogen (secondary N) is 1. The topological polar surface area (TPSA) is 46.9 Å². The molecule has 2 aromatic rings. The second kappa shape index (κ2) is 7.07. The number of carbonyl (C=O) groups is 1. The molecular weight excluding hydrogens is 274 g/mol. The molecule has 1 aliphatic carbocycles. The fraction of sp³-hybridized carbons (Fsp3) is 0.333. The first-order valence-corrected chi connectivity index (χ1v) is 7.89. The molecule has 0 radical (unpaired) electrons. The van der Waals surface area contributed by atoms with E-state index in [0.29, 0.717) is 6.04 Å². The van der Waals surface area contributed by atoms with E-state index in [-0.39, 0.29) is 5.91 Å². The summed E-state index contributed by atoms with van der Waals surface area (Å²) >= 11 is 0. The minimum atomic E-state index is -0.0836. The van der Waals surface area contributed by atoms with Gasteiger partial charge in [-0.3, -0.25) is 9.36 Å². The zero-order chi connectivity index (χ0) is 15.2. The summed E-state index contributed by atoms with van der Waals surface area (Å²) in [5, 5.41) is 3.57. The maximum absolute atomic E-state index is 12.3. The van der Waals surface area contributed by atoms with Gasteiger partial charge >= 0.3 is 0 Å². The van der Waals surface area contributed by atoms with Crippen molar-refractivity contribution >= 4 is 11.6 Å². The number of carbonyl (C=O) groups excluding carboxylic acids is 1. The van der Waals surface area contributed by atoms with Gasteiger partial charge in [0.25, 0.3) is 5.91 Å². The van der Waals surface area contributed by atoms with Gasteiger partial charge in [0.05, 0.1) is 0 Å². The molecule has 0 unspecified atom stereocenters. The molecule has 1 aromatic carbocycles. The lowest BCUT2D eigenvalue weighted by Gasteiger charge is -2.25. The van der Waals surface area contributed by atoms with E-state index in [1.54, 1.807) is 18.5 Å². The molecule has 0 amide bonds. The average molecular weight is 295 g/mol. The Balaban J connectivity index is 1.83. The highest BCUT2D eigenvalue weighted by Crippen LogP contribution is 2.21. The van der Waals surface area contributed by atoms with Gasteiger partial charge in [0.15, 0.2) is 0 Å². The third kappa shape index (κ3) is 3.64. The highest BCUT2D eigenvalue weighted by atomic mass is 16.1. The van der Waals surface area contributed by atoms with Crippen molar-refractivity contribution in [2.75, 3.05) is 0 Å². The van der Waals surface area contributed by atoms with Gasteiger partial charge in [-0.05, 0) is 18.4 Å². The summed E-state index contributed by atoms with van der Waals surface area (Å²) in [7, 11) is 0. The second-order valence-corrected chi connectivity index (χ2v) is 5.71. The first-order valence-electron chi connectivity index (χ1n) is 7.89. The number of nitrogens with zero attached hydrogens (tertiary/aromatic N) is 2. The average Bonchev–Trinajstić information content (AvgIpc) is 3.11. The molecule has 1 saturated carbocycles. The van der Waals surface area contributed by atoms with Gasteiger partial charge in [0.2, 0.25) is 0 Å². The lowest BCUT2D eigenvalue weighted by atomic mass is 9.95. The van der Waals surface area contributed by atoms with Crippen LogP contribution in [0.25, 0.3) is 5.70 Å². The Morgan fingerprint density at radius 3 is 2.64 bits per heavy atom. The summed E-state index contributed by atoms with van der Waals surface area (Å²) < 4.78 is 1.49. The zero-order valence-electron chi connectivity index (χ0n) is 12.6. The van der Waals surface area contributed by atoms with Crippen LogP contribution < -0.4 is 5.32 Å². The van der Waals surface area contributed by atoms with Crippen molar-refractivity contribution in [3.8, 4) is 0 Å². The van der Waals surface area contributed by atoms with E-state index >= 15 is 0 Å². The summed E-state index contributed by atoms with van der Waals surface area (Å²) in [4.78, 5) is 16.3. The van der Waals surface area contributed by atoms with Crippen LogP contribution in [-0.4, -0.2) is 21.5 Å². The molecular formula is C18H21N3O. The molecule has 1 N–H and O–H groups in total. The van der Waals surface area contributed by atoms with E-state index in [1.807, 2.05) is 30.3 Å². The van der Waals surface area contributed by atoms with E-state index < -0.39 is 0 Å². The van der Waals surface area contributed by atoms with Crippen molar-refractivity contribution in [2.24, 2.45) is 0 Å². The summed E-state index contributed by atoms with van der Waals surface area (Å²) in [6.45, 7) is 0. The second-order valence-electron chi connectivity index (χ2n) is 5.71. The van der Waals surface area contributed by atoms with Gasteiger partial charge < -0.3 is 5.32 Å². The first kappa shape index (κ1) is 14.6. The summed E-state index contributed by atoms with van der Waals surface area (Å²) in [6, 6.07) is 10.5. The minimum absolute atomic E-state index is 0.0836. The Morgan fingerprint density at radius 1 is 1.18 bits per heavy atom. The van der Waals surface area contributed by atoms with Crippen LogP contribution in [0.2, 0.25) is 0 Å². The third-order valence-electron chi connectivity index (χ3n) is 4.08. The van der Waals surface area contributed by atoms with Crippen molar-refractivity contribution in [3.05, 3.63) is 60.7 Å². The molecule has 1 fully saturated rings. The highest BCUT2D eigenvalue weighted by Gasteiger charge is 2.15. The molecule has 0 bridgehead atoms. The number of benzene rings is 1. The Labute approximate surface area is 130 Å². The molecule has 1 aromatic heterocycles. The summed E-state index contributed by atoms with van der Waals surface area (Å²) in [5.74, 6) is -0.0836. The molecule has 22 heavy (non-hydrogen) atoms. The molecule has 4 heteroatoms. The maximum atomic E-state index is 12.3. The molecule has 0 spiro atoms. The molecule has 1 heterocycles. The van der Waals surface area contributed by atoms with Crippen molar-refractivity contribution in [1.82, 2.24) is 14.9 Å². The lowest BCUT2D eigenvalue weighted by Crippen LogP contribution is -2.30. The highest BCUT2D eigenvalue weighted by molar-refractivity contribution is 5.96. The minimum Gasteiger partial charge on any atom is -0.382 e. The molecule has 114 valence electrons. The Bertz CT molecular complexity index is 626. The number of hydrogen-bond acceptors (Lipinski definition) is 3. The SMILES string of the molecule is O=C(/C=C(\NC1CCCCC1)c1ccccc1)n1ccnc1. The first-order chi connectivity index (χ1) is 10.8. The van der Waals surface area contributed by atoms with E-state index in [4.69, 9.17) is 0 Å². The van der Waals surface area contributed by atoms with E-state index in [2.05, 4.69) is 10.3 Å². The predicted octanol–water partition coefficient (Wildman–Crippen LogP) is 3.49. The van der Waals surface area contributed by atoms with Crippen LogP contribution in [0.5, 0.6) is 0 Å². The number of aromatic nitrogens is 2. The molecule has 4 nitrogen and oxygen atoms in total. The fourth-order valence-corrected chi connectivity index (χ4v) is 2.88. The Kier molecular flexibility index (Phi) is 4.68. The van der Waals surface area contributed by atoms with Crippen molar-refractivity contribution < 1.29 is 4.79 Å². The number of rotatable bonds is 4. The molecule has 0 atom stereocenters. The van der Waals surface area contributed by atoms with Crippen LogP contribution in [0.1, 0.15) is 42.5 Å². The quantitative estimate of drug-likeness (QED) is 0.878. The normalized spacial score (nSPS) is 16.5. The van der Waals surface area contributed by atoms with Crippen LogP contribution in [0.15, 0.2) is 55.1 Å². The largest absolute Gasteiger partial charge is 0.382 e. The molecule has 0 aliphatic heterocycles. The van der Waals surface area contributed by atoms with Gasteiger partial charge in [-0.15, -0.1) is 0 Å². The van der Waals surface area contributed by atoms with Gasteiger partial charge in [-0.1, -0.05) is 49.6 Å². The van der Waals surface area contributed by atoms with E-state index in [9.17, 15) is 4.79 Å². The number of allylic oxidation sites excluding steroid dienone is 1. The third-order valence-corrected chi connectivity index (χ3v) is 4.08. The van der Waals surface area contributed by atoms with Crippen LogP contribution in [0, 0.1) is 0 Å². The predicted molar refractivity (Wildman–Crippen MR) is 87.3 cm³/mol. The fourth-order valence-electron chi connectivity index (χ4n) is 2.88. The van der Waals surface area contributed by atoms with Crippen molar-refractivity contribution in [1.29, 1.82) is 0 Å². The Morgan fingerprint density at radius 2 is 1.95 bits per heavy atom. The van der Waals surface area contributed by atoms with Gasteiger partial charge in [0.1, 0.15) is 6.33 Å².